The van der Waals surface area contributed by atoms with Crippen LogP contribution >= 0.6 is 0 Å². The van der Waals surface area contributed by atoms with Crippen molar-refractivity contribution in [2.75, 3.05) is 20.2 Å². The van der Waals surface area contributed by atoms with Crippen LogP contribution in [0.25, 0.3) is 0 Å². The lowest BCUT2D eigenvalue weighted by atomic mass is 10.1. The third kappa shape index (κ3) is 3.77. The van der Waals surface area contributed by atoms with E-state index < -0.39 is 0 Å². The maximum Gasteiger partial charge on any atom is 0.0447 e. The number of hydrogen-bond donors (Lipinski definition) is 1. The summed E-state index contributed by atoms with van der Waals surface area (Å²) < 4.78 is 0. The van der Waals surface area contributed by atoms with Gasteiger partial charge < -0.3 is 10.0 Å². The predicted molar refractivity (Wildman–Crippen MR) is 52.9 cm³/mol. The van der Waals surface area contributed by atoms with E-state index in [1.165, 1.54) is 5.70 Å². The zero-order valence-electron chi connectivity index (χ0n) is 8.67. The second kappa shape index (κ2) is 6.06. The van der Waals surface area contributed by atoms with Crippen molar-refractivity contribution in [1.29, 1.82) is 0 Å². The Morgan fingerprint density at radius 1 is 1.50 bits per heavy atom. The van der Waals surface area contributed by atoms with Crippen LogP contribution in [0.15, 0.2) is 11.8 Å². The zero-order chi connectivity index (χ0) is 9.56. The lowest BCUT2D eigenvalue weighted by Crippen LogP contribution is -2.22. The molecule has 0 bridgehead atoms. The van der Waals surface area contributed by atoms with E-state index in [2.05, 4.69) is 38.8 Å². The van der Waals surface area contributed by atoms with E-state index >= 15 is 0 Å². The Balaban J connectivity index is 3.96. The smallest absolute Gasteiger partial charge is 0.0447 e. The van der Waals surface area contributed by atoms with Crippen molar-refractivity contribution < 1.29 is 5.11 Å². The number of nitrogens with zero attached hydrogens (tertiary/aromatic N) is 1. The van der Waals surface area contributed by atoms with E-state index in [1.54, 1.807) is 0 Å². The van der Waals surface area contributed by atoms with Gasteiger partial charge in [0.25, 0.3) is 0 Å². The number of hydrogen-bond acceptors (Lipinski definition) is 2. The number of aliphatic hydroxyl groups is 1. The molecule has 0 aromatic rings. The highest BCUT2D eigenvalue weighted by Gasteiger charge is 2.06. The summed E-state index contributed by atoms with van der Waals surface area (Å²) >= 11 is 0. The van der Waals surface area contributed by atoms with E-state index in [1.807, 2.05) is 0 Å². The van der Waals surface area contributed by atoms with E-state index in [9.17, 15) is 0 Å². The van der Waals surface area contributed by atoms with Crippen LogP contribution < -0.4 is 0 Å². The highest BCUT2D eigenvalue weighted by Crippen LogP contribution is 2.12. The van der Waals surface area contributed by atoms with Crippen molar-refractivity contribution in [3.8, 4) is 0 Å². The van der Waals surface area contributed by atoms with Crippen LogP contribution in [0.1, 0.15) is 27.2 Å². The first-order valence-electron chi connectivity index (χ1n) is 4.61. The van der Waals surface area contributed by atoms with Crippen molar-refractivity contribution in [2.45, 2.75) is 27.2 Å². The second-order valence-corrected chi connectivity index (χ2v) is 3.37. The second-order valence-electron chi connectivity index (χ2n) is 3.37. The van der Waals surface area contributed by atoms with Gasteiger partial charge in [-0.05, 0) is 19.3 Å². The normalized spacial score (nSPS) is 12.3. The van der Waals surface area contributed by atoms with Gasteiger partial charge in [0.2, 0.25) is 0 Å². The quantitative estimate of drug-likeness (QED) is 0.682. The van der Waals surface area contributed by atoms with Gasteiger partial charge >= 0.3 is 0 Å². The molecule has 0 atom stereocenters. The number of rotatable bonds is 5. The summed E-state index contributed by atoms with van der Waals surface area (Å²) in [6.45, 7) is 7.65. The average Bonchev–Trinajstić information content (AvgIpc) is 2.01. The molecular formula is C10H21NO. The SMILES string of the molecule is C/C=C(\C(C)C)N(C)CCCO. The fourth-order valence-electron chi connectivity index (χ4n) is 1.43. The fourth-order valence-corrected chi connectivity index (χ4v) is 1.43. The van der Waals surface area contributed by atoms with Crippen LogP contribution in [-0.2, 0) is 0 Å². The molecular weight excluding hydrogens is 150 g/mol. The van der Waals surface area contributed by atoms with Gasteiger partial charge in [-0.1, -0.05) is 19.9 Å². The molecule has 12 heavy (non-hydrogen) atoms. The first-order valence-corrected chi connectivity index (χ1v) is 4.61. The molecule has 0 spiro atoms. The fraction of sp³-hybridized carbons (Fsp3) is 0.800. The summed E-state index contributed by atoms with van der Waals surface area (Å²) in [5.74, 6) is 0.568. The van der Waals surface area contributed by atoms with Crippen molar-refractivity contribution in [3.05, 3.63) is 11.8 Å². The van der Waals surface area contributed by atoms with Crippen molar-refractivity contribution in [1.82, 2.24) is 4.90 Å². The van der Waals surface area contributed by atoms with Crippen LogP contribution in [-0.4, -0.2) is 30.2 Å². The molecule has 0 aromatic carbocycles. The molecule has 0 aliphatic carbocycles. The van der Waals surface area contributed by atoms with E-state index in [4.69, 9.17) is 5.11 Å². The molecule has 0 heterocycles. The van der Waals surface area contributed by atoms with Crippen molar-refractivity contribution in [3.63, 3.8) is 0 Å². The third-order valence-corrected chi connectivity index (χ3v) is 1.98. The largest absolute Gasteiger partial charge is 0.396 e. The molecule has 72 valence electrons. The Kier molecular flexibility index (Phi) is 5.81. The minimum absolute atomic E-state index is 0.277. The standard InChI is InChI=1S/C10H21NO/c1-5-10(9(2)3)11(4)7-6-8-12/h5,9,12H,6-8H2,1-4H3/b10-5+. The Bertz CT molecular complexity index is 141. The Labute approximate surface area is 75.9 Å². The topological polar surface area (TPSA) is 23.5 Å². The molecule has 2 nitrogen and oxygen atoms in total. The van der Waals surface area contributed by atoms with Crippen molar-refractivity contribution >= 4 is 0 Å². The van der Waals surface area contributed by atoms with Gasteiger partial charge in [-0.15, -0.1) is 0 Å². The van der Waals surface area contributed by atoms with Gasteiger partial charge in [0, 0.05) is 25.9 Å². The van der Waals surface area contributed by atoms with Crippen LogP contribution in [0.4, 0.5) is 0 Å². The van der Waals surface area contributed by atoms with Gasteiger partial charge in [0.05, 0.1) is 0 Å². The molecule has 0 saturated heterocycles. The summed E-state index contributed by atoms with van der Waals surface area (Å²) in [6.07, 6.45) is 2.99. The summed E-state index contributed by atoms with van der Waals surface area (Å²) in [5, 5.41) is 8.66. The lowest BCUT2D eigenvalue weighted by Gasteiger charge is -2.25. The minimum atomic E-state index is 0.277. The maximum absolute atomic E-state index is 8.66. The van der Waals surface area contributed by atoms with Crippen molar-refractivity contribution in [2.24, 2.45) is 5.92 Å². The van der Waals surface area contributed by atoms with Gasteiger partial charge in [0.15, 0.2) is 0 Å². The molecule has 0 unspecified atom stereocenters. The predicted octanol–water partition coefficient (Wildman–Crippen LogP) is 1.86. The van der Waals surface area contributed by atoms with Gasteiger partial charge in [0.1, 0.15) is 0 Å². The first-order chi connectivity index (χ1) is 5.63. The molecule has 1 N–H and O–H groups in total. The lowest BCUT2D eigenvalue weighted by molar-refractivity contribution is 0.259. The van der Waals surface area contributed by atoms with Crippen LogP contribution in [0.2, 0.25) is 0 Å². The molecule has 0 aromatic heterocycles. The molecule has 0 rings (SSSR count). The Hall–Kier alpha value is -0.500. The molecule has 0 radical (unpaired) electrons. The Morgan fingerprint density at radius 3 is 2.42 bits per heavy atom. The maximum atomic E-state index is 8.66. The highest BCUT2D eigenvalue weighted by atomic mass is 16.3. The Morgan fingerprint density at radius 2 is 2.08 bits per heavy atom. The average molecular weight is 171 g/mol. The molecule has 0 aliphatic rings. The molecule has 0 fully saturated rings. The number of aliphatic hydroxyl groups excluding tert-OH is 1. The highest BCUT2D eigenvalue weighted by molar-refractivity contribution is 5.01. The van der Waals surface area contributed by atoms with Gasteiger partial charge in [-0.2, -0.15) is 0 Å². The van der Waals surface area contributed by atoms with Crippen LogP contribution in [0, 0.1) is 5.92 Å². The summed E-state index contributed by atoms with van der Waals surface area (Å²) in [6, 6.07) is 0. The van der Waals surface area contributed by atoms with E-state index in [0.29, 0.717) is 5.92 Å². The molecule has 0 saturated carbocycles. The summed E-state index contributed by atoms with van der Waals surface area (Å²) in [5.41, 5.74) is 1.35. The first kappa shape index (κ1) is 11.5. The van der Waals surface area contributed by atoms with E-state index in [-0.39, 0.29) is 6.61 Å². The summed E-state index contributed by atoms with van der Waals surface area (Å²) in [4.78, 5) is 2.21. The van der Waals surface area contributed by atoms with Crippen LogP contribution in [0.5, 0.6) is 0 Å². The van der Waals surface area contributed by atoms with Gasteiger partial charge in [-0.3, -0.25) is 0 Å². The minimum Gasteiger partial charge on any atom is -0.396 e. The molecule has 2 heteroatoms. The van der Waals surface area contributed by atoms with Gasteiger partial charge in [-0.25, -0.2) is 0 Å². The third-order valence-electron chi connectivity index (χ3n) is 1.98. The molecule has 0 amide bonds. The van der Waals surface area contributed by atoms with Crippen LogP contribution in [0.3, 0.4) is 0 Å². The zero-order valence-corrected chi connectivity index (χ0v) is 8.67. The summed E-state index contributed by atoms with van der Waals surface area (Å²) in [7, 11) is 2.07. The van der Waals surface area contributed by atoms with E-state index in [0.717, 1.165) is 13.0 Å². The molecule has 0 aliphatic heterocycles. The monoisotopic (exact) mass is 171 g/mol. The number of allylic oxidation sites excluding steroid dienone is 2.